The average molecular weight is 299 g/mol. The highest BCUT2D eigenvalue weighted by molar-refractivity contribution is 5.79. The lowest BCUT2D eigenvalue weighted by Gasteiger charge is -2.31. The number of rotatable bonds is 5. The number of aliphatic carboxylic acids is 1. The fourth-order valence-corrected chi connectivity index (χ4v) is 2.69. The highest BCUT2D eigenvalue weighted by Crippen LogP contribution is 2.27. The van der Waals surface area contributed by atoms with Crippen LogP contribution in [0.25, 0.3) is 0 Å². The summed E-state index contributed by atoms with van der Waals surface area (Å²) in [5.41, 5.74) is -0.613. The number of carbonyl (C=O) groups is 2. The molecule has 1 aliphatic rings. The van der Waals surface area contributed by atoms with Crippen LogP contribution in [0, 0.1) is 5.92 Å². The number of carboxylic acids is 1. The van der Waals surface area contributed by atoms with Crippen LogP contribution in [0.3, 0.4) is 0 Å². The number of hydrogen-bond donors (Lipinski definition) is 1. The first-order valence-electron chi connectivity index (χ1n) is 7.93. The molecule has 0 aromatic rings. The van der Waals surface area contributed by atoms with Gasteiger partial charge < -0.3 is 9.84 Å². The third-order valence-corrected chi connectivity index (χ3v) is 3.96. The molecule has 5 nitrogen and oxygen atoms in total. The Morgan fingerprint density at radius 2 is 1.81 bits per heavy atom. The van der Waals surface area contributed by atoms with E-state index in [-0.39, 0.29) is 0 Å². The van der Waals surface area contributed by atoms with Crippen molar-refractivity contribution in [2.24, 2.45) is 5.92 Å². The van der Waals surface area contributed by atoms with Crippen molar-refractivity contribution < 1.29 is 19.4 Å². The maximum absolute atomic E-state index is 12.2. The molecular weight excluding hydrogens is 270 g/mol. The van der Waals surface area contributed by atoms with Crippen LogP contribution in [0.1, 0.15) is 66.2 Å². The minimum absolute atomic E-state index is 0.451. The molecule has 1 aliphatic carbocycles. The topological polar surface area (TPSA) is 66.8 Å². The van der Waals surface area contributed by atoms with Crippen molar-refractivity contribution in [2.75, 3.05) is 6.54 Å². The van der Waals surface area contributed by atoms with E-state index in [4.69, 9.17) is 4.74 Å². The first kappa shape index (κ1) is 17.8. The predicted molar refractivity (Wildman–Crippen MR) is 81.2 cm³/mol. The van der Waals surface area contributed by atoms with Crippen LogP contribution in [0.5, 0.6) is 0 Å². The normalized spacial score (nSPS) is 18.1. The van der Waals surface area contributed by atoms with Crippen LogP contribution in [0.15, 0.2) is 0 Å². The van der Waals surface area contributed by atoms with E-state index in [0.717, 1.165) is 6.42 Å². The van der Waals surface area contributed by atoms with Gasteiger partial charge in [-0.3, -0.25) is 4.90 Å². The third kappa shape index (κ3) is 6.36. The monoisotopic (exact) mass is 299 g/mol. The van der Waals surface area contributed by atoms with E-state index < -0.39 is 23.7 Å². The van der Waals surface area contributed by atoms with Crippen LogP contribution in [-0.2, 0) is 9.53 Å². The quantitative estimate of drug-likeness (QED) is 0.841. The molecule has 0 radical (unpaired) electrons. The zero-order valence-corrected chi connectivity index (χ0v) is 13.7. The van der Waals surface area contributed by atoms with E-state index in [2.05, 4.69) is 0 Å². The van der Waals surface area contributed by atoms with Gasteiger partial charge in [-0.2, -0.15) is 0 Å². The van der Waals surface area contributed by atoms with Gasteiger partial charge in [0, 0.05) is 6.54 Å². The first-order chi connectivity index (χ1) is 9.70. The van der Waals surface area contributed by atoms with E-state index in [1.165, 1.54) is 43.9 Å². The Kier molecular flexibility index (Phi) is 6.49. The Labute approximate surface area is 127 Å². The molecule has 1 N–H and O–H groups in total. The van der Waals surface area contributed by atoms with Crippen molar-refractivity contribution in [2.45, 2.75) is 77.9 Å². The molecule has 0 unspecified atom stereocenters. The minimum atomic E-state index is -0.996. The summed E-state index contributed by atoms with van der Waals surface area (Å²) in [7, 11) is 0. The number of amides is 1. The summed E-state index contributed by atoms with van der Waals surface area (Å²) >= 11 is 0. The molecule has 1 amide bonds. The standard InChI is InChI=1S/C16H29NO4/c1-12(14(18)19)17(15(20)21-16(2,3)4)11-10-13-8-6-5-7-9-13/h12-13H,5-11H2,1-4H3,(H,18,19)/t12-/m0/s1. The number of nitrogens with zero attached hydrogens (tertiary/aromatic N) is 1. The minimum Gasteiger partial charge on any atom is -0.480 e. The highest BCUT2D eigenvalue weighted by Gasteiger charge is 2.30. The Morgan fingerprint density at radius 3 is 2.29 bits per heavy atom. The molecule has 21 heavy (non-hydrogen) atoms. The molecule has 1 fully saturated rings. The van der Waals surface area contributed by atoms with Gasteiger partial charge in [-0.1, -0.05) is 32.1 Å². The smallest absolute Gasteiger partial charge is 0.411 e. The summed E-state index contributed by atoms with van der Waals surface area (Å²) in [6.45, 7) is 7.35. The second-order valence-corrected chi connectivity index (χ2v) is 6.98. The number of carbonyl (C=O) groups excluding carboxylic acids is 1. The fraction of sp³-hybridized carbons (Fsp3) is 0.875. The first-order valence-corrected chi connectivity index (χ1v) is 7.93. The lowest BCUT2D eigenvalue weighted by atomic mass is 9.87. The van der Waals surface area contributed by atoms with Gasteiger partial charge in [0.25, 0.3) is 0 Å². The highest BCUT2D eigenvalue weighted by atomic mass is 16.6. The van der Waals surface area contributed by atoms with Crippen molar-refractivity contribution >= 4 is 12.1 Å². The summed E-state index contributed by atoms with van der Waals surface area (Å²) in [4.78, 5) is 24.8. The van der Waals surface area contributed by atoms with Crippen LogP contribution in [0.4, 0.5) is 4.79 Å². The zero-order valence-electron chi connectivity index (χ0n) is 13.7. The molecule has 1 atom stereocenters. The van der Waals surface area contributed by atoms with Crippen molar-refractivity contribution in [1.29, 1.82) is 0 Å². The molecule has 5 heteroatoms. The van der Waals surface area contributed by atoms with Gasteiger partial charge in [0.2, 0.25) is 0 Å². The summed E-state index contributed by atoms with van der Waals surface area (Å²) in [6.07, 6.45) is 6.47. The van der Waals surface area contributed by atoms with Crippen molar-refractivity contribution in [3.8, 4) is 0 Å². The van der Waals surface area contributed by atoms with E-state index in [0.29, 0.717) is 12.5 Å². The Morgan fingerprint density at radius 1 is 1.24 bits per heavy atom. The fourth-order valence-electron chi connectivity index (χ4n) is 2.69. The molecule has 0 saturated heterocycles. The molecule has 1 saturated carbocycles. The van der Waals surface area contributed by atoms with Crippen LogP contribution < -0.4 is 0 Å². The molecule has 0 bridgehead atoms. The predicted octanol–water partition coefficient (Wildman–Crippen LogP) is 3.67. The van der Waals surface area contributed by atoms with Gasteiger partial charge >= 0.3 is 12.1 Å². The Balaban J connectivity index is 2.63. The molecule has 0 aliphatic heterocycles. The summed E-state index contributed by atoms with van der Waals surface area (Å²) < 4.78 is 5.33. The van der Waals surface area contributed by atoms with Gasteiger partial charge in [-0.15, -0.1) is 0 Å². The lowest BCUT2D eigenvalue weighted by Crippen LogP contribution is -2.46. The maximum atomic E-state index is 12.2. The Bertz CT molecular complexity index is 356. The number of hydrogen-bond acceptors (Lipinski definition) is 3. The van der Waals surface area contributed by atoms with Gasteiger partial charge in [0.15, 0.2) is 0 Å². The lowest BCUT2D eigenvalue weighted by molar-refractivity contribution is -0.142. The summed E-state index contributed by atoms with van der Waals surface area (Å²) in [5.74, 6) is -0.394. The van der Waals surface area contributed by atoms with E-state index in [1.54, 1.807) is 20.8 Å². The van der Waals surface area contributed by atoms with E-state index in [1.807, 2.05) is 0 Å². The second-order valence-electron chi connectivity index (χ2n) is 6.98. The number of carboxylic acid groups (broad SMARTS) is 1. The molecule has 0 heterocycles. The van der Waals surface area contributed by atoms with Crippen molar-refractivity contribution in [3.05, 3.63) is 0 Å². The summed E-state index contributed by atoms with van der Waals surface area (Å²) in [5, 5.41) is 9.19. The Hall–Kier alpha value is -1.26. The second kappa shape index (κ2) is 7.66. The molecule has 0 spiro atoms. The molecule has 122 valence electrons. The van der Waals surface area contributed by atoms with Crippen LogP contribution in [0.2, 0.25) is 0 Å². The number of ether oxygens (including phenoxy) is 1. The summed E-state index contributed by atoms with van der Waals surface area (Å²) in [6, 6.07) is -0.858. The van der Waals surface area contributed by atoms with Gasteiger partial charge in [-0.05, 0) is 40.0 Å². The van der Waals surface area contributed by atoms with Gasteiger partial charge in [0.1, 0.15) is 11.6 Å². The molecular formula is C16H29NO4. The van der Waals surface area contributed by atoms with Crippen LogP contribution >= 0.6 is 0 Å². The van der Waals surface area contributed by atoms with E-state index in [9.17, 15) is 14.7 Å². The average Bonchev–Trinajstić information content (AvgIpc) is 2.37. The van der Waals surface area contributed by atoms with Crippen LogP contribution in [-0.4, -0.2) is 40.3 Å². The largest absolute Gasteiger partial charge is 0.480 e. The molecule has 0 aromatic carbocycles. The van der Waals surface area contributed by atoms with Crippen molar-refractivity contribution in [3.63, 3.8) is 0 Å². The van der Waals surface area contributed by atoms with Crippen molar-refractivity contribution in [1.82, 2.24) is 4.90 Å². The van der Waals surface area contributed by atoms with E-state index >= 15 is 0 Å². The zero-order chi connectivity index (χ0) is 16.0. The molecule has 0 aromatic heterocycles. The molecule has 1 rings (SSSR count). The van der Waals surface area contributed by atoms with Gasteiger partial charge in [-0.25, -0.2) is 9.59 Å². The third-order valence-electron chi connectivity index (χ3n) is 3.96. The SMILES string of the molecule is C[C@@H](C(=O)O)N(CCC1CCCCC1)C(=O)OC(C)(C)C. The maximum Gasteiger partial charge on any atom is 0.411 e. The van der Waals surface area contributed by atoms with Gasteiger partial charge in [0.05, 0.1) is 0 Å².